The van der Waals surface area contributed by atoms with E-state index in [1.165, 1.54) is 18.0 Å². The first-order valence-electron chi connectivity index (χ1n) is 13.3. The molecule has 1 N–H and O–H groups in total. The first-order valence-corrected chi connectivity index (χ1v) is 14.2. The van der Waals surface area contributed by atoms with Crippen molar-refractivity contribution in [2.75, 3.05) is 25.6 Å². The number of thioether (sulfide) groups is 1. The second kappa shape index (κ2) is 10.9. The van der Waals surface area contributed by atoms with Crippen molar-refractivity contribution in [1.29, 1.82) is 0 Å². The summed E-state index contributed by atoms with van der Waals surface area (Å²) in [6.45, 7) is 3.80. The smallest absolute Gasteiger partial charge is 0.413 e. The molecule has 5 heterocycles. The largest absolute Gasteiger partial charge is 0.455 e. The number of fused-ring (bicyclic) bond motifs is 4. The van der Waals surface area contributed by atoms with Gasteiger partial charge >= 0.3 is 6.09 Å². The van der Waals surface area contributed by atoms with Gasteiger partial charge in [-0.3, -0.25) is 10.3 Å². The summed E-state index contributed by atoms with van der Waals surface area (Å²) in [7, 11) is 0. The van der Waals surface area contributed by atoms with Gasteiger partial charge in [-0.1, -0.05) is 31.2 Å². The van der Waals surface area contributed by atoms with Crippen LogP contribution in [-0.2, 0) is 15.0 Å². The summed E-state index contributed by atoms with van der Waals surface area (Å²) in [5.41, 5.74) is 2.84. The van der Waals surface area contributed by atoms with E-state index in [1.807, 2.05) is 25.1 Å². The van der Waals surface area contributed by atoms with Gasteiger partial charge in [-0.15, -0.1) is 0 Å². The number of nitrogens with one attached hydrogen (secondary N) is 1. The van der Waals surface area contributed by atoms with Crippen molar-refractivity contribution in [2.24, 2.45) is 4.99 Å². The number of unbranched alkanes of at least 4 members (excludes halogenated alkanes) is 1. The quantitative estimate of drug-likeness (QED) is 0.302. The highest BCUT2D eigenvalue weighted by Crippen LogP contribution is 2.54. The average Bonchev–Trinajstić information content (AvgIpc) is 3.38. The topological polar surface area (TPSA) is 94.9 Å². The predicted octanol–water partition coefficient (Wildman–Crippen LogP) is 6.16. The lowest BCUT2D eigenvalue weighted by Gasteiger charge is -2.35. The number of aromatic nitrogens is 2. The zero-order chi connectivity index (χ0) is 26.8. The Bertz CT molecular complexity index is 1430. The van der Waals surface area contributed by atoms with Crippen LogP contribution in [0.15, 0.2) is 53.8 Å². The summed E-state index contributed by atoms with van der Waals surface area (Å²) in [4.78, 5) is 26.1. The fraction of sp³-hybridized carbons (Fsp3) is 0.379. The Morgan fingerprint density at radius 1 is 1.18 bits per heavy atom. The number of hydrogen-bond donors (Lipinski definition) is 1. The number of carbonyl (C=O) groups is 1. The van der Waals surface area contributed by atoms with Crippen LogP contribution < -0.4 is 10.1 Å². The molecule has 39 heavy (non-hydrogen) atoms. The van der Waals surface area contributed by atoms with Gasteiger partial charge in [-0.2, -0.15) is 4.39 Å². The van der Waals surface area contributed by atoms with Crippen LogP contribution in [0.25, 0.3) is 11.1 Å². The molecule has 6 rings (SSSR count). The minimum Gasteiger partial charge on any atom is -0.455 e. The number of hydrogen-bond acceptors (Lipinski definition) is 8. The summed E-state index contributed by atoms with van der Waals surface area (Å²) in [5.74, 6) is 1.50. The monoisotopic (exact) mass is 548 g/mol. The molecular formula is C29H29FN4O4S. The molecule has 202 valence electrons. The molecule has 1 unspecified atom stereocenters. The Balaban J connectivity index is 1.44. The number of halogens is 1. The van der Waals surface area contributed by atoms with Gasteiger partial charge in [-0.25, -0.2) is 14.8 Å². The molecule has 1 aromatic carbocycles. The standard InChI is InChI=1S/C29H29FN4O4S/c1-2-3-11-37-28(35)33-27-34-29(17-39-27)21-14-19(20-5-4-10-31-26(20)30)6-7-24(21)38-25-16-32-23(15-22(25)29)18-8-12-36-13-9-18/h4-7,10,14-16,18H,2-3,8-9,11-13,17H2,1H3,(H,33,34,35). The van der Waals surface area contributed by atoms with E-state index in [4.69, 9.17) is 24.2 Å². The van der Waals surface area contributed by atoms with Crippen LogP contribution in [-0.4, -0.2) is 46.8 Å². The summed E-state index contributed by atoms with van der Waals surface area (Å²) in [6, 6.07) is 11.1. The van der Waals surface area contributed by atoms with Gasteiger partial charge in [0.25, 0.3) is 0 Å². The third-order valence-electron chi connectivity index (χ3n) is 7.34. The zero-order valence-corrected chi connectivity index (χ0v) is 22.4. The molecule has 0 bridgehead atoms. The van der Waals surface area contributed by atoms with E-state index in [0.717, 1.165) is 42.5 Å². The van der Waals surface area contributed by atoms with Gasteiger partial charge in [0.2, 0.25) is 5.95 Å². The molecule has 3 aliphatic heterocycles. The fourth-order valence-electron chi connectivity index (χ4n) is 5.24. The third-order valence-corrected chi connectivity index (χ3v) is 8.37. The summed E-state index contributed by atoms with van der Waals surface area (Å²) < 4.78 is 31.8. The van der Waals surface area contributed by atoms with E-state index in [0.29, 0.717) is 53.4 Å². The zero-order valence-electron chi connectivity index (χ0n) is 21.6. The van der Waals surface area contributed by atoms with Crippen LogP contribution in [0.1, 0.15) is 55.3 Å². The number of aliphatic imine (C=N–C) groups is 1. The van der Waals surface area contributed by atoms with Crippen molar-refractivity contribution in [3.8, 4) is 22.6 Å². The van der Waals surface area contributed by atoms with Crippen LogP contribution in [0, 0.1) is 5.95 Å². The molecule has 1 spiro atoms. The van der Waals surface area contributed by atoms with Crippen LogP contribution >= 0.6 is 11.8 Å². The third kappa shape index (κ3) is 4.98. The fourth-order valence-corrected chi connectivity index (χ4v) is 6.34. The van der Waals surface area contributed by atoms with Crippen LogP contribution in [0.2, 0.25) is 0 Å². The summed E-state index contributed by atoms with van der Waals surface area (Å²) in [5, 5.41) is 3.28. The molecule has 1 atom stereocenters. The van der Waals surface area contributed by atoms with Gasteiger partial charge in [-0.05, 0) is 55.2 Å². The number of alkyl carbamates (subject to hydrolysis) is 1. The lowest BCUT2D eigenvalue weighted by molar-refractivity contribution is 0.0844. The molecule has 10 heteroatoms. The lowest BCUT2D eigenvalue weighted by atomic mass is 9.80. The van der Waals surface area contributed by atoms with Crippen molar-refractivity contribution in [3.05, 3.63) is 71.6 Å². The Morgan fingerprint density at radius 2 is 2.03 bits per heavy atom. The minimum atomic E-state index is -0.864. The van der Waals surface area contributed by atoms with E-state index in [2.05, 4.69) is 16.4 Å². The number of nitrogens with zero attached hydrogens (tertiary/aromatic N) is 3. The van der Waals surface area contributed by atoms with Crippen molar-refractivity contribution in [3.63, 3.8) is 0 Å². The average molecular weight is 549 g/mol. The van der Waals surface area contributed by atoms with Crippen LogP contribution in [0.5, 0.6) is 11.5 Å². The molecule has 1 fully saturated rings. The van der Waals surface area contributed by atoms with Crippen molar-refractivity contribution < 1.29 is 23.4 Å². The van der Waals surface area contributed by atoms with Crippen LogP contribution in [0.3, 0.4) is 0 Å². The van der Waals surface area contributed by atoms with Gasteiger partial charge in [0.15, 0.2) is 10.9 Å². The molecule has 8 nitrogen and oxygen atoms in total. The maximum Gasteiger partial charge on any atom is 0.413 e. The number of ether oxygens (including phenoxy) is 3. The van der Waals surface area contributed by atoms with Gasteiger partial charge in [0.05, 0.1) is 12.8 Å². The highest BCUT2D eigenvalue weighted by Gasteiger charge is 2.47. The highest BCUT2D eigenvalue weighted by molar-refractivity contribution is 8.14. The Morgan fingerprint density at radius 3 is 2.85 bits per heavy atom. The van der Waals surface area contributed by atoms with E-state index < -0.39 is 17.6 Å². The molecule has 2 aromatic heterocycles. The van der Waals surface area contributed by atoms with Crippen molar-refractivity contribution >= 4 is 23.0 Å². The molecule has 0 radical (unpaired) electrons. The highest BCUT2D eigenvalue weighted by atomic mass is 32.2. The molecule has 1 amide bonds. The van der Waals surface area contributed by atoms with Crippen LogP contribution in [0.4, 0.5) is 9.18 Å². The second-order valence-corrected chi connectivity index (χ2v) is 10.8. The van der Waals surface area contributed by atoms with E-state index in [1.54, 1.807) is 18.3 Å². The molecular weight excluding hydrogens is 519 g/mol. The summed E-state index contributed by atoms with van der Waals surface area (Å²) >= 11 is 1.44. The number of pyridine rings is 2. The SMILES string of the molecule is CCCCOC(=O)NC1=NC2(CS1)c1cc(-c3cccnc3F)ccc1Oc1cnc(C3CCOCC3)cc12. The van der Waals surface area contributed by atoms with E-state index >= 15 is 0 Å². The predicted molar refractivity (Wildman–Crippen MR) is 147 cm³/mol. The molecule has 3 aromatic rings. The minimum absolute atomic E-state index is 0.280. The second-order valence-electron chi connectivity index (χ2n) is 9.83. The molecule has 0 aliphatic carbocycles. The number of amides is 1. The number of benzene rings is 1. The number of amidine groups is 1. The van der Waals surface area contributed by atoms with Gasteiger partial charge in [0.1, 0.15) is 11.3 Å². The number of carbonyl (C=O) groups excluding carboxylic acids is 1. The maximum atomic E-state index is 14.7. The Hall–Kier alpha value is -3.50. The van der Waals surface area contributed by atoms with Crippen molar-refractivity contribution in [1.82, 2.24) is 15.3 Å². The molecule has 3 aliphatic rings. The molecule has 1 saturated heterocycles. The van der Waals surface area contributed by atoms with Gasteiger partial charge in [0, 0.05) is 53.5 Å². The Labute approximate surface area is 230 Å². The first-order chi connectivity index (χ1) is 19.1. The van der Waals surface area contributed by atoms with Gasteiger partial charge < -0.3 is 14.2 Å². The number of rotatable bonds is 5. The summed E-state index contributed by atoms with van der Waals surface area (Å²) in [6.07, 6.45) is 6.20. The normalized spacial score (nSPS) is 20.1. The lowest BCUT2D eigenvalue weighted by Crippen LogP contribution is -2.32. The van der Waals surface area contributed by atoms with E-state index in [9.17, 15) is 9.18 Å². The van der Waals surface area contributed by atoms with Crippen molar-refractivity contribution in [2.45, 2.75) is 44.1 Å². The molecule has 0 saturated carbocycles. The Kier molecular flexibility index (Phi) is 7.22. The maximum absolute atomic E-state index is 14.7. The van der Waals surface area contributed by atoms with E-state index in [-0.39, 0.29) is 5.92 Å². The first kappa shape index (κ1) is 25.8.